The van der Waals surface area contributed by atoms with Crippen molar-refractivity contribution in [2.45, 2.75) is 72.6 Å². The number of esters is 1. The second-order valence-corrected chi connectivity index (χ2v) is 8.38. The molecular formula is C19H38O6Si. The Bertz CT molecular complexity index is 349. The van der Waals surface area contributed by atoms with Gasteiger partial charge in [-0.15, -0.1) is 0 Å². The molecule has 0 aromatic heterocycles. The van der Waals surface area contributed by atoms with Gasteiger partial charge in [-0.3, -0.25) is 0 Å². The van der Waals surface area contributed by atoms with Crippen LogP contribution in [0.1, 0.15) is 72.6 Å². The van der Waals surface area contributed by atoms with Crippen LogP contribution in [0, 0.1) is 0 Å². The van der Waals surface area contributed by atoms with E-state index in [-0.39, 0.29) is 12.6 Å². The Morgan fingerprint density at radius 3 is 1.46 bits per heavy atom. The number of rotatable bonds is 18. The molecule has 0 aromatic carbocycles. The van der Waals surface area contributed by atoms with Gasteiger partial charge in [0.25, 0.3) is 0 Å². The van der Waals surface area contributed by atoms with Crippen molar-refractivity contribution in [1.29, 1.82) is 0 Å². The van der Waals surface area contributed by atoms with E-state index in [1.165, 1.54) is 0 Å². The number of carbonyl (C=O) groups excluding carboxylic acids is 1. The highest BCUT2D eigenvalue weighted by Gasteiger charge is 2.45. The number of carbonyl (C=O) groups is 1. The van der Waals surface area contributed by atoms with Crippen molar-refractivity contribution >= 4 is 15.0 Å². The van der Waals surface area contributed by atoms with E-state index in [4.69, 9.17) is 22.4 Å². The molecule has 0 saturated carbocycles. The Kier molecular flexibility index (Phi) is 16.0. The molecule has 0 unspecified atom stereocenters. The van der Waals surface area contributed by atoms with Gasteiger partial charge in [-0.05, 0) is 26.2 Å². The molecule has 0 rings (SSSR count). The molecule has 6 nitrogen and oxygen atoms in total. The second kappa shape index (κ2) is 16.4. The van der Waals surface area contributed by atoms with E-state index in [0.29, 0.717) is 38.4 Å². The van der Waals surface area contributed by atoms with E-state index in [9.17, 15) is 4.79 Å². The van der Waals surface area contributed by atoms with E-state index < -0.39 is 9.05 Å². The fourth-order valence-corrected chi connectivity index (χ4v) is 3.90. The molecule has 7 heteroatoms. The Labute approximate surface area is 160 Å². The molecule has 0 fully saturated rings. The van der Waals surface area contributed by atoms with Gasteiger partial charge in [0.15, 0.2) is 0 Å². The van der Waals surface area contributed by atoms with E-state index in [2.05, 4.69) is 27.4 Å². The van der Waals surface area contributed by atoms with Gasteiger partial charge in [-0.1, -0.05) is 46.6 Å². The first-order valence-corrected chi connectivity index (χ1v) is 11.5. The van der Waals surface area contributed by atoms with Crippen LogP contribution in [-0.4, -0.2) is 48.1 Å². The van der Waals surface area contributed by atoms with Crippen LogP contribution in [-0.2, 0) is 27.2 Å². The summed E-state index contributed by atoms with van der Waals surface area (Å²) < 4.78 is 29.0. The molecule has 0 bridgehead atoms. The van der Waals surface area contributed by atoms with Crippen LogP contribution in [0.15, 0.2) is 12.2 Å². The normalized spacial score (nSPS) is 11.5. The topological polar surface area (TPSA) is 63.2 Å². The van der Waals surface area contributed by atoms with E-state index in [1.807, 2.05) is 0 Å². The maximum absolute atomic E-state index is 11.4. The summed E-state index contributed by atoms with van der Waals surface area (Å²) in [7, 11) is -3.16. The summed E-state index contributed by atoms with van der Waals surface area (Å²) in [5.74, 6) is -0.383. The van der Waals surface area contributed by atoms with Crippen LogP contribution >= 0.6 is 0 Å². The minimum atomic E-state index is -3.16. The lowest BCUT2D eigenvalue weighted by atomic mass is 10.4. The lowest BCUT2D eigenvalue weighted by molar-refractivity contribution is -0.139. The van der Waals surface area contributed by atoms with Gasteiger partial charge in [-0.2, -0.15) is 0 Å². The molecule has 26 heavy (non-hydrogen) atoms. The van der Waals surface area contributed by atoms with Crippen LogP contribution < -0.4 is 0 Å². The van der Waals surface area contributed by atoms with Gasteiger partial charge in [0.05, 0.1) is 6.61 Å². The third kappa shape index (κ3) is 12.6. The van der Waals surface area contributed by atoms with Gasteiger partial charge in [0, 0.05) is 38.4 Å². The Morgan fingerprint density at radius 2 is 1.12 bits per heavy atom. The van der Waals surface area contributed by atoms with Gasteiger partial charge >= 0.3 is 15.0 Å². The summed E-state index contributed by atoms with van der Waals surface area (Å²) in [6.45, 7) is 13.8. The summed E-state index contributed by atoms with van der Waals surface area (Å²) in [6, 6.07) is 0. The monoisotopic (exact) mass is 390 g/mol. The predicted molar refractivity (Wildman–Crippen MR) is 105 cm³/mol. The molecule has 0 aromatic rings. The van der Waals surface area contributed by atoms with E-state index in [1.54, 1.807) is 6.92 Å². The predicted octanol–water partition coefficient (Wildman–Crippen LogP) is 4.40. The van der Waals surface area contributed by atoms with Crippen LogP contribution in [0.5, 0.6) is 0 Å². The van der Waals surface area contributed by atoms with Crippen molar-refractivity contribution in [2.24, 2.45) is 0 Å². The molecule has 0 radical (unpaired) electrons. The maximum atomic E-state index is 11.4. The molecule has 154 valence electrons. The number of hydrogen-bond acceptors (Lipinski definition) is 6. The Hall–Kier alpha value is -0.733. The third-order valence-electron chi connectivity index (χ3n) is 3.48. The molecule has 0 N–H and O–H groups in total. The molecule has 0 amide bonds. The van der Waals surface area contributed by atoms with E-state index in [0.717, 1.165) is 38.5 Å². The molecule has 0 aliphatic rings. The molecule has 0 heterocycles. The highest BCUT2D eigenvalue weighted by molar-refractivity contribution is 6.53. The van der Waals surface area contributed by atoms with Crippen LogP contribution in [0.4, 0.5) is 0 Å². The third-order valence-corrected chi connectivity index (χ3v) is 5.71. The van der Waals surface area contributed by atoms with Crippen molar-refractivity contribution in [3.05, 3.63) is 12.2 Å². The highest BCUT2D eigenvalue weighted by atomic mass is 28.4. The Morgan fingerprint density at radius 1 is 0.731 bits per heavy atom. The molecule has 0 aliphatic carbocycles. The van der Waals surface area contributed by atoms with Gasteiger partial charge in [0.2, 0.25) is 0 Å². The molecule has 0 spiro atoms. The second-order valence-electron chi connectivity index (χ2n) is 6.22. The average molecular weight is 391 g/mol. The SMILES string of the molecule is C=C(C)C(=O)OCCCO[Si](OCCCC)(OCCCC)OCCCC. The Balaban J connectivity index is 4.60. The zero-order valence-electron chi connectivity index (χ0n) is 17.1. The average Bonchev–Trinajstić information content (AvgIpc) is 2.61. The van der Waals surface area contributed by atoms with Crippen LogP contribution in [0.3, 0.4) is 0 Å². The molecule has 0 saturated heterocycles. The van der Waals surface area contributed by atoms with Crippen molar-refractivity contribution in [2.75, 3.05) is 33.0 Å². The lowest BCUT2D eigenvalue weighted by Crippen LogP contribution is -2.50. The zero-order chi connectivity index (χ0) is 19.7. The largest absolute Gasteiger partial charge is 0.679 e. The first kappa shape index (κ1) is 25.3. The summed E-state index contributed by atoms with van der Waals surface area (Å²) in [4.78, 5) is 11.4. The maximum Gasteiger partial charge on any atom is 0.679 e. The van der Waals surface area contributed by atoms with Crippen LogP contribution in [0.2, 0.25) is 0 Å². The zero-order valence-corrected chi connectivity index (χ0v) is 18.1. The van der Waals surface area contributed by atoms with Crippen molar-refractivity contribution in [3.8, 4) is 0 Å². The molecule has 0 aliphatic heterocycles. The summed E-state index contributed by atoms with van der Waals surface area (Å²) in [6.07, 6.45) is 6.45. The lowest BCUT2D eigenvalue weighted by Gasteiger charge is -2.28. The van der Waals surface area contributed by atoms with Gasteiger partial charge in [-0.25, -0.2) is 4.79 Å². The minimum absolute atomic E-state index is 0.273. The molecular weight excluding hydrogens is 352 g/mol. The fraction of sp³-hybridized carbons (Fsp3) is 0.842. The highest BCUT2D eigenvalue weighted by Crippen LogP contribution is 2.15. The van der Waals surface area contributed by atoms with Gasteiger partial charge in [0.1, 0.15) is 0 Å². The summed E-state index contributed by atoms with van der Waals surface area (Å²) >= 11 is 0. The summed E-state index contributed by atoms with van der Waals surface area (Å²) in [5.41, 5.74) is 0.392. The quantitative estimate of drug-likeness (QED) is 0.150. The first-order chi connectivity index (χ1) is 12.5. The minimum Gasteiger partial charge on any atom is -0.462 e. The van der Waals surface area contributed by atoms with Crippen molar-refractivity contribution in [3.63, 3.8) is 0 Å². The van der Waals surface area contributed by atoms with Crippen molar-refractivity contribution in [1.82, 2.24) is 0 Å². The summed E-state index contributed by atoms with van der Waals surface area (Å²) in [5, 5.41) is 0. The van der Waals surface area contributed by atoms with Gasteiger partial charge < -0.3 is 22.4 Å². The van der Waals surface area contributed by atoms with Crippen molar-refractivity contribution < 1.29 is 27.2 Å². The number of hydrogen-bond donors (Lipinski definition) is 0. The first-order valence-electron chi connectivity index (χ1n) is 9.89. The fourth-order valence-electron chi connectivity index (χ4n) is 1.82. The van der Waals surface area contributed by atoms with Crippen LogP contribution in [0.25, 0.3) is 0 Å². The number of unbranched alkanes of at least 4 members (excludes halogenated alkanes) is 3. The van der Waals surface area contributed by atoms with E-state index >= 15 is 0 Å². The smallest absolute Gasteiger partial charge is 0.462 e. The number of ether oxygens (including phenoxy) is 1. The standard InChI is InChI=1S/C19H38O6Si/c1-6-9-14-22-26(23-15-10-7-2,24-16-11-8-3)25-17-12-13-21-19(20)18(4)5/h4,6-17H2,1-3,5H3. The molecule has 0 atom stereocenters.